The molecule has 1 N–H and O–H groups in total. The standard InChI is InChI=1S/C19H15N3O4/c23-19(12-14-6-2-1-3-7-14)21-20-13-15-10-11-18(26-15)16-8-4-5-9-17(16)22(24)25/h1-11,13H,12H2,(H,21,23). The molecule has 26 heavy (non-hydrogen) atoms. The Bertz CT molecular complexity index is 948. The molecular weight excluding hydrogens is 334 g/mol. The van der Waals surface area contributed by atoms with Gasteiger partial charge < -0.3 is 4.42 Å². The van der Waals surface area contributed by atoms with Crippen LogP contribution >= 0.6 is 0 Å². The molecule has 0 spiro atoms. The van der Waals surface area contributed by atoms with Crippen LogP contribution in [0.2, 0.25) is 0 Å². The second-order valence-electron chi connectivity index (χ2n) is 5.43. The Morgan fingerprint density at radius 1 is 1.08 bits per heavy atom. The maximum absolute atomic E-state index is 11.8. The summed E-state index contributed by atoms with van der Waals surface area (Å²) in [4.78, 5) is 22.4. The fourth-order valence-electron chi connectivity index (χ4n) is 2.40. The number of nitro groups is 1. The van der Waals surface area contributed by atoms with Crippen molar-refractivity contribution in [1.82, 2.24) is 5.43 Å². The van der Waals surface area contributed by atoms with Crippen LogP contribution < -0.4 is 5.43 Å². The number of hydrogen-bond acceptors (Lipinski definition) is 5. The molecule has 0 bridgehead atoms. The number of nitrogens with one attached hydrogen (secondary N) is 1. The van der Waals surface area contributed by atoms with E-state index in [0.29, 0.717) is 17.1 Å². The minimum atomic E-state index is -0.463. The molecule has 0 aliphatic carbocycles. The van der Waals surface area contributed by atoms with Crippen LogP contribution in [0.1, 0.15) is 11.3 Å². The van der Waals surface area contributed by atoms with Crippen molar-refractivity contribution in [2.75, 3.05) is 0 Å². The van der Waals surface area contributed by atoms with E-state index < -0.39 is 4.92 Å². The first kappa shape index (κ1) is 17.1. The Kier molecular flexibility index (Phi) is 5.19. The molecule has 0 saturated heterocycles. The highest BCUT2D eigenvalue weighted by molar-refractivity contribution is 5.82. The number of nitro benzene ring substituents is 1. The molecule has 0 aliphatic heterocycles. The highest BCUT2D eigenvalue weighted by Gasteiger charge is 2.16. The quantitative estimate of drug-likeness (QED) is 0.418. The van der Waals surface area contributed by atoms with E-state index in [2.05, 4.69) is 10.5 Å². The van der Waals surface area contributed by atoms with E-state index >= 15 is 0 Å². The van der Waals surface area contributed by atoms with Gasteiger partial charge in [-0.1, -0.05) is 42.5 Å². The van der Waals surface area contributed by atoms with Crippen LogP contribution in [0.5, 0.6) is 0 Å². The van der Waals surface area contributed by atoms with Crippen molar-refractivity contribution in [3.05, 3.63) is 88.2 Å². The molecule has 7 nitrogen and oxygen atoms in total. The molecule has 1 heterocycles. The van der Waals surface area contributed by atoms with Gasteiger partial charge >= 0.3 is 0 Å². The highest BCUT2D eigenvalue weighted by Crippen LogP contribution is 2.30. The van der Waals surface area contributed by atoms with Crippen LogP contribution in [-0.2, 0) is 11.2 Å². The molecule has 1 amide bonds. The highest BCUT2D eigenvalue weighted by atomic mass is 16.6. The predicted octanol–water partition coefficient (Wildman–Crippen LogP) is 3.55. The molecule has 7 heteroatoms. The number of furan rings is 1. The van der Waals surface area contributed by atoms with Crippen molar-refractivity contribution in [2.24, 2.45) is 5.10 Å². The third-order valence-electron chi connectivity index (χ3n) is 3.58. The van der Waals surface area contributed by atoms with Crippen molar-refractivity contribution < 1.29 is 14.1 Å². The van der Waals surface area contributed by atoms with Gasteiger partial charge in [-0.3, -0.25) is 14.9 Å². The zero-order valence-electron chi connectivity index (χ0n) is 13.7. The lowest BCUT2D eigenvalue weighted by molar-refractivity contribution is -0.384. The number of rotatable bonds is 6. The monoisotopic (exact) mass is 349 g/mol. The van der Waals surface area contributed by atoms with Crippen LogP contribution in [0.25, 0.3) is 11.3 Å². The van der Waals surface area contributed by atoms with Crippen molar-refractivity contribution in [3.8, 4) is 11.3 Å². The van der Waals surface area contributed by atoms with Gasteiger partial charge in [0.2, 0.25) is 5.91 Å². The number of carbonyl (C=O) groups excluding carboxylic acids is 1. The van der Waals surface area contributed by atoms with Gasteiger partial charge in [0.15, 0.2) is 0 Å². The van der Waals surface area contributed by atoms with Gasteiger partial charge in [-0.2, -0.15) is 5.10 Å². The number of para-hydroxylation sites is 1. The maximum Gasteiger partial charge on any atom is 0.280 e. The van der Waals surface area contributed by atoms with E-state index in [4.69, 9.17) is 4.42 Å². The zero-order valence-corrected chi connectivity index (χ0v) is 13.7. The van der Waals surface area contributed by atoms with Crippen molar-refractivity contribution in [2.45, 2.75) is 6.42 Å². The zero-order chi connectivity index (χ0) is 18.4. The molecule has 0 atom stereocenters. The summed E-state index contributed by atoms with van der Waals surface area (Å²) in [5.41, 5.74) is 3.65. The SMILES string of the molecule is O=C(Cc1ccccc1)NN=Cc1ccc(-c2ccccc2[N+](=O)[O-])o1. The summed E-state index contributed by atoms with van der Waals surface area (Å²) in [6.45, 7) is 0. The Labute approximate surface area is 149 Å². The number of hydrogen-bond donors (Lipinski definition) is 1. The van der Waals surface area contributed by atoms with E-state index in [1.165, 1.54) is 12.3 Å². The van der Waals surface area contributed by atoms with Crippen molar-refractivity contribution in [1.29, 1.82) is 0 Å². The van der Waals surface area contributed by atoms with Crippen LogP contribution in [0.15, 0.2) is 76.2 Å². The molecule has 3 aromatic rings. The first-order valence-corrected chi connectivity index (χ1v) is 7.83. The summed E-state index contributed by atoms with van der Waals surface area (Å²) in [5, 5.41) is 14.9. The number of amides is 1. The lowest BCUT2D eigenvalue weighted by atomic mass is 10.1. The lowest BCUT2D eigenvalue weighted by Crippen LogP contribution is -2.19. The Balaban J connectivity index is 1.64. The predicted molar refractivity (Wildman–Crippen MR) is 96.7 cm³/mol. The summed E-state index contributed by atoms with van der Waals surface area (Å²) >= 11 is 0. The number of benzene rings is 2. The van der Waals surface area contributed by atoms with Crippen molar-refractivity contribution in [3.63, 3.8) is 0 Å². The molecule has 130 valence electrons. The summed E-state index contributed by atoms with van der Waals surface area (Å²) < 4.78 is 5.56. The molecule has 3 rings (SSSR count). The van der Waals surface area contributed by atoms with Crippen LogP contribution in [0, 0.1) is 10.1 Å². The van der Waals surface area contributed by atoms with E-state index in [1.807, 2.05) is 30.3 Å². The molecule has 0 aliphatic rings. The number of hydrazone groups is 1. The Morgan fingerprint density at radius 3 is 2.58 bits per heavy atom. The molecule has 0 fully saturated rings. The van der Waals surface area contributed by atoms with E-state index in [9.17, 15) is 14.9 Å². The normalized spacial score (nSPS) is 10.8. The van der Waals surface area contributed by atoms with Gasteiger partial charge in [-0.05, 0) is 23.8 Å². The van der Waals surface area contributed by atoms with Gasteiger partial charge in [-0.15, -0.1) is 0 Å². The third kappa shape index (κ3) is 4.21. The Hall–Kier alpha value is -3.74. The summed E-state index contributed by atoms with van der Waals surface area (Å²) in [6.07, 6.45) is 1.57. The smallest absolute Gasteiger partial charge is 0.280 e. The van der Waals surface area contributed by atoms with Gasteiger partial charge in [-0.25, -0.2) is 5.43 Å². The first-order valence-electron chi connectivity index (χ1n) is 7.83. The largest absolute Gasteiger partial charge is 0.455 e. The molecule has 0 saturated carbocycles. The molecule has 0 radical (unpaired) electrons. The van der Waals surface area contributed by atoms with Crippen LogP contribution in [-0.4, -0.2) is 17.0 Å². The fraction of sp³-hybridized carbons (Fsp3) is 0.0526. The second kappa shape index (κ2) is 7.89. The summed E-state index contributed by atoms with van der Waals surface area (Å²) in [6, 6.07) is 18.9. The third-order valence-corrected chi connectivity index (χ3v) is 3.58. The topological polar surface area (TPSA) is 97.7 Å². The van der Waals surface area contributed by atoms with Gasteiger partial charge in [0.1, 0.15) is 11.5 Å². The first-order chi connectivity index (χ1) is 12.6. The fourth-order valence-corrected chi connectivity index (χ4v) is 2.40. The second-order valence-corrected chi connectivity index (χ2v) is 5.43. The molecular formula is C19H15N3O4. The van der Waals surface area contributed by atoms with E-state index in [-0.39, 0.29) is 18.0 Å². The number of nitrogens with zero attached hydrogens (tertiary/aromatic N) is 2. The van der Waals surface area contributed by atoms with E-state index in [1.54, 1.807) is 30.3 Å². The average molecular weight is 349 g/mol. The minimum absolute atomic E-state index is 0.0403. The van der Waals surface area contributed by atoms with Gasteiger partial charge in [0.25, 0.3) is 5.69 Å². The van der Waals surface area contributed by atoms with Crippen LogP contribution in [0.4, 0.5) is 5.69 Å². The summed E-state index contributed by atoms with van der Waals surface area (Å²) in [5.74, 6) is 0.477. The molecule has 0 unspecified atom stereocenters. The molecule has 1 aromatic heterocycles. The minimum Gasteiger partial charge on any atom is -0.455 e. The van der Waals surface area contributed by atoms with Gasteiger partial charge in [0.05, 0.1) is 23.1 Å². The summed E-state index contributed by atoms with van der Waals surface area (Å²) in [7, 11) is 0. The maximum atomic E-state index is 11.8. The van der Waals surface area contributed by atoms with Gasteiger partial charge in [0, 0.05) is 6.07 Å². The average Bonchev–Trinajstić information content (AvgIpc) is 3.11. The van der Waals surface area contributed by atoms with E-state index in [0.717, 1.165) is 5.56 Å². The van der Waals surface area contributed by atoms with Crippen LogP contribution in [0.3, 0.4) is 0 Å². The number of carbonyl (C=O) groups is 1. The Morgan fingerprint density at radius 2 is 1.81 bits per heavy atom. The van der Waals surface area contributed by atoms with Crippen molar-refractivity contribution >= 4 is 17.8 Å². The molecule has 2 aromatic carbocycles. The lowest BCUT2D eigenvalue weighted by Gasteiger charge is -1.99.